The smallest absolute Gasteiger partial charge is 0.211 e. The van der Waals surface area contributed by atoms with Crippen molar-refractivity contribution in [2.24, 2.45) is 0 Å². The van der Waals surface area contributed by atoms with Crippen molar-refractivity contribution in [3.05, 3.63) is 0 Å². The molecule has 0 radical (unpaired) electrons. The lowest BCUT2D eigenvalue weighted by atomic mass is 10.3. The van der Waals surface area contributed by atoms with E-state index in [2.05, 4.69) is 19.2 Å². The molecule has 0 aliphatic carbocycles. The molecule has 0 aromatic rings. The first-order valence-electron chi connectivity index (χ1n) is 5.19. The van der Waals surface area contributed by atoms with Crippen LogP contribution in [0.3, 0.4) is 0 Å². The van der Waals surface area contributed by atoms with Gasteiger partial charge in [0.2, 0.25) is 10.0 Å². The van der Waals surface area contributed by atoms with Crippen LogP contribution in [0.25, 0.3) is 0 Å². The van der Waals surface area contributed by atoms with Gasteiger partial charge in [-0.15, -0.1) is 0 Å². The second-order valence-corrected chi connectivity index (χ2v) is 6.16. The first kappa shape index (κ1) is 12.9. The largest absolute Gasteiger partial charge is 0.374 e. The summed E-state index contributed by atoms with van der Waals surface area (Å²) < 4.78 is 29.6. The molecule has 1 rings (SSSR count). The maximum absolute atomic E-state index is 11.3. The summed E-state index contributed by atoms with van der Waals surface area (Å²) in [6, 6.07) is 0.391. The van der Waals surface area contributed by atoms with Gasteiger partial charge in [-0.25, -0.2) is 8.42 Å². The van der Waals surface area contributed by atoms with Crippen molar-refractivity contribution in [1.29, 1.82) is 0 Å². The van der Waals surface area contributed by atoms with Crippen molar-refractivity contribution in [3.8, 4) is 0 Å². The van der Waals surface area contributed by atoms with Crippen molar-refractivity contribution in [3.63, 3.8) is 0 Å². The number of rotatable bonds is 4. The standard InChI is InChI=1S/C9H20N2O3S/c1-8(2)10-6-9-7-11(4-5-14-9)15(3,12)13/h8-10H,4-7H2,1-3H3. The zero-order chi connectivity index (χ0) is 11.5. The van der Waals surface area contributed by atoms with E-state index in [0.717, 1.165) is 0 Å². The van der Waals surface area contributed by atoms with E-state index in [4.69, 9.17) is 4.74 Å². The quantitative estimate of drug-likeness (QED) is 0.724. The lowest BCUT2D eigenvalue weighted by Gasteiger charge is -2.31. The van der Waals surface area contributed by atoms with Crippen LogP contribution in [-0.4, -0.2) is 57.4 Å². The van der Waals surface area contributed by atoms with Crippen LogP contribution in [0.4, 0.5) is 0 Å². The summed E-state index contributed by atoms with van der Waals surface area (Å²) >= 11 is 0. The van der Waals surface area contributed by atoms with E-state index in [1.807, 2.05) is 0 Å². The number of morpholine rings is 1. The van der Waals surface area contributed by atoms with Crippen LogP contribution < -0.4 is 5.32 Å². The maximum Gasteiger partial charge on any atom is 0.211 e. The van der Waals surface area contributed by atoms with Crippen LogP contribution in [0, 0.1) is 0 Å². The first-order chi connectivity index (χ1) is 6.89. The van der Waals surface area contributed by atoms with Gasteiger partial charge in [0.25, 0.3) is 0 Å². The number of ether oxygens (including phenoxy) is 1. The minimum Gasteiger partial charge on any atom is -0.374 e. The summed E-state index contributed by atoms with van der Waals surface area (Å²) in [5, 5.41) is 3.24. The highest BCUT2D eigenvalue weighted by Gasteiger charge is 2.26. The van der Waals surface area contributed by atoms with Crippen molar-refractivity contribution >= 4 is 10.0 Å². The summed E-state index contributed by atoms with van der Waals surface area (Å²) in [5.74, 6) is 0. The average Bonchev–Trinajstić information content (AvgIpc) is 2.14. The zero-order valence-electron chi connectivity index (χ0n) is 9.56. The SMILES string of the molecule is CC(C)NCC1CN(S(C)(=O)=O)CCO1. The Morgan fingerprint density at radius 1 is 1.53 bits per heavy atom. The Bertz CT molecular complexity index is 290. The van der Waals surface area contributed by atoms with Crippen molar-refractivity contribution in [2.45, 2.75) is 26.0 Å². The highest BCUT2D eigenvalue weighted by atomic mass is 32.2. The fourth-order valence-corrected chi connectivity index (χ4v) is 2.33. The molecule has 0 saturated carbocycles. The molecule has 0 bridgehead atoms. The molecule has 0 spiro atoms. The highest BCUT2D eigenvalue weighted by molar-refractivity contribution is 7.88. The summed E-state index contributed by atoms with van der Waals surface area (Å²) in [7, 11) is -3.07. The third kappa shape index (κ3) is 4.46. The second kappa shape index (κ2) is 5.25. The molecule has 15 heavy (non-hydrogen) atoms. The van der Waals surface area contributed by atoms with Crippen LogP contribution in [0.1, 0.15) is 13.8 Å². The van der Waals surface area contributed by atoms with Crippen LogP contribution in [0.15, 0.2) is 0 Å². The lowest BCUT2D eigenvalue weighted by molar-refractivity contribution is -0.000819. The molecule has 1 unspecified atom stereocenters. The predicted molar refractivity (Wildman–Crippen MR) is 59.3 cm³/mol. The Balaban J connectivity index is 2.43. The summed E-state index contributed by atoms with van der Waals surface area (Å²) in [6.07, 6.45) is 1.21. The van der Waals surface area contributed by atoms with E-state index < -0.39 is 10.0 Å². The van der Waals surface area contributed by atoms with Gasteiger partial charge < -0.3 is 10.1 Å². The van der Waals surface area contributed by atoms with Crippen molar-refractivity contribution < 1.29 is 13.2 Å². The molecule has 1 saturated heterocycles. The van der Waals surface area contributed by atoms with Gasteiger partial charge in [-0.2, -0.15) is 4.31 Å². The van der Waals surface area contributed by atoms with Crippen LogP contribution in [-0.2, 0) is 14.8 Å². The van der Waals surface area contributed by atoms with Gasteiger partial charge >= 0.3 is 0 Å². The molecule has 1 aliphatic rings. The molecular formula is C9H20N2O3S. The molecule has 0 aromatic carbocycles. The zero-order valence-corrected chi connectivity index (χ0v) is 10.4. The number of sulfonamides is 1. The molecule has 1 aliphatic heterocycles. The topological polar surface area (TPSA) is 58.6 Å². The average molecular weight is 236 g/mol. The fourth-order valence-electron chi connectivity index (χ4n) is 1.48. The van der Waals surface area contributed by atoms with Crippen LogP contribution in [0.5, 0.6) is 0 Å². The van der Waals surface area contributed by atoms with Gasteiger partial charge in [0.1, 0.15) is 0 Å². The number of nitrogens with zero attached hydrogens (tertiary/aromatic N) is 1. The second-order valence-electron chi connectivity index (χ2n) is 4.18. The van der Waals surface area contributed by atoms with E-state index in [9.17, 15) is 8.42 Å². The van der Waals surface area contributed by atoms with Crippen molar-refractivity contribution in [1.82, 2.24) is 9.62 Å². The normalized spacial score (nSPS) is 24.7. The molecule has 0 aromatic heterocycles. The van der Waals surface area contributed by atoms with Gasteiger partial charge in [0, 0.05) is 25.7 Å². The van der Waals surface area contributed by atoms with Gasteiger partial charge in [-0.3, -0.25) is 0 Å². The minimum atomic E-state index is -3.07. The number of hydrogen-bond acceptors (Lipinski definition) is 4. The van der Waals surface area contributed by atoms with Crippen molar-refractivity contribution in [2.75, 3.05) is 32.5 Å². The van der Waals surface area contributed by atoms with Crippen LogP contribution in [0.2, 0.25) is 0 Å². The molecule has 90 valence electrons. The highest BCUT2D eigenvalue weighted by Crippen LogP contribution is 2.08. The Kier molecular flexibility index (Phi) is 4.51. The molecule has 1 atom stereocenters. The molecular weight excluding hydrogens is 216 g/mol. The monoisotopic (exact) mass is 236 g/mol. The molecule has 5 nitrogen and oxygen atoms in total. The lowest BCUT2D eigenvalue weighted by Crippen LogP contribution is -2.49. The Labute approximate surface area is 91.8 Å². The van der Waals surface area contributed by atoms with Crippen LogP contribution >= 0.6 is 0 Å². The fraction of sp³-hybridized carbons (Fsp3) is 1.00. The van der Waals surface area contributed by atoms with E-state index in [0.29, 0.717) is 32.3 Å². The molecule has 0 amide bonds. The summed E-state index contributed by atoms with van der Waals surface area (Å²) in [6.45, 7) is 6.21. The van der Waals surface area contributed by atoms with Gasteiger partial charge in [-0.1, -0.05) is 13.8 Å². The minimum absolute atomic E-state index is 0.0316. The Morgan fingerprint density at radius 2 is 2.20 bits per heavy atom. The summed E-state index contributed by atoms with van der Waals surface area (Å²) in [5.41, 5.74) is 0. The third-order valence-electron chi connectivity index (χ3n) is 2.32. The maximum atomic E-state index is 11.3. The van der Waals surface area contributed by atoms with Gasteiger partial charge in [-0.05, 0) is 0 Å². The van der Waals surface area contributed by atoms with Gasteiger partial charge in [0.15, 0.2) is 0 Å². The molecule has 6 heteroatoms. The van der Waals surface area contributed by atoms with Gasteiger partial charge in [0.05, 0.1) is 19.0 Å². The summed E-state index contributed by atoms with van der Waals surface area (Å²) in [4.78, 5) is 0. The molecule has 1 fully saturated rings. The third-order valence-corrected chi connectivity index (χ3v) is 3.59. The Morgan fingerprint density at radius 3 is 2.73 bits per heavy atom. The van der Waals surface area contributed by atoms with E-state index in [-0.39, 0.29) is 6.10 Å². The van der Waals surface area contributed by atoms with E-state index >= 15 is 0 Å². The predicted octanol–water partition coefficient (Wildman–Crippen LogP) is -0.355. The number of hydrogen-bond donors (Lipinski definition) is 1. The van der Waals surface area contributed by atoms with E-state index in [1.165, 1.54) is 10.6 Å². The molecule has 1 N–H and O–H groups in total. The Hall–Kier alpha value is -0.170. The van der Waals surface area contributed by atoms with E-state index in [1.54, 1.807) is 0 Å². The first-order valence-corrected chi connectivity index (χ1v) is 7.04. The molecule has 1 heterocycles. The number of nitrogens with one attached hydrogen (secondary N) is 1.